The summed E-state index contributed by atoms with van der Waals surface area (Å²) < 4.78 is 5.65. The second kappa shape index (κ2) is 8.87. The summed E-state index contributed by atoms with van der Waals surface area (Å²) in [6, 6.07) is 13.1. The maximum atomic E-state index is 12.2. The van der Waals surface area contributed by atoms with E-state index in [2.05, 4.69) is 10.6 Å². The minimum Gasteiger partial charge on any atom is -0.494 e. The van der Waals surface area contributed by atoms with Gasteiger partial charge < -0.3 is 15.4 Å². The Hall–Kier alpha value is -2.82. The Morgan fingerprint density at radius 1 is 1.08 bits per heavy atom. The molecular formula is C20H24N2O3. The average Bonchev–Trinajstić information content (AvgIpc) is 2.56. The van der Waals surface area contributed by atoms with E-state index >= 15 is 0 Å². The van der Waals surface area contributed by atoms with E-state index in [-0.39, 0.29) is 11.8 Å². The molecule has 0 spiro atoms. The smallest absolute Gasteiger partial charge is 0.251 e. The normalized spacial score (nSPS) is 10.2. The van der Waals surface area contributed by atoms with Crippen molar-refractivity contribution in [3.63, 3.8) is 0 Å². The Kier molecular flexibility index (Phi) is 6.57. The fourth-order valence-electron chi connectivity index (χ4n) is 2.36. The quantitative estimate of drug-likeness (QED) is 0.759. The molecule has 5 nitrogen and oxygen atoms in total. The van der Waals surface area contributed by atoms with Crippen molar-refractivity contribution in [2.45, 2.75) is 27.2 Å². The van der Waals surface area contributed by atoms with Crippen molar-refractivity contribution < 1.29 is 14.3 Å². The molecule has 0 fully saturated rings. The Labute approximate surface area is 148 Å². The van der Waals surface area contributed by atoms with Gasteiger partial charge in [0.15, 0.2) is 0 Å². The highest BCUT2D eigenvalue weighted by molar-refractivity contribution is 5.97. The average molecular weight is 340 g/mol. The first kappa shape index (κ1) is 18.5. The maximum absolute atomic E-state index is 12.2. The number of aryl methyl sites for hydroxylation is 2. The number of rotatable bonds is 7. The number of hydrogen-bond donors (Lipinski definition) is 2. The van der Waals surface area contributed by atoms with Crippen molar-refractivity contribution in [2.24, 2.45) is 0 Å². The van der Waals surface area contributed by atoms with Crippen molar-refractivity contribution in [1.29, 1.82) is 0 Å². The maximum Gasteiger partial charge on any atom is 0.251 e. The molecule has 132 valence electrons. The van der Waals surface area contributed by atoms with Gasteiger partial charge in [0, 0.05) is 24.7 Å². The molecule has 0 unspecified atom stereocenters. The van der Waals surface area contributed by atoms with Gasteiger partial charge in [0.25, 0.3) is 5.91 Å². The zero-order chi connectivity index (χ0) is 18.2. The molecule has 0 heterocycles. The zero-order valence-electron chi connectivity index (χ0n) is 14.9. The van der Waals surface area contributed by atoms with E-state index in [0.717, 1.165) is 16.9 Å². The van der Waals surface area contributed by atoms with Crippen molar-refractivity contribution in [3.8, 4) is 5.75 Å². The molecule has 0 aliphatic rings. The first-order valence-electron chi connectivity index (χ1n) is 8.31. The second-order valence-corrected chi connectivity index (χ2v) is 5.99. The molecule has 2 N–H and O–H groups in total. The van der Waals surface area contributed by atoms with E-state index in [1.807, 2.05) is 44.2 Å². The van der Waals surface area contributed by atoms with Crippen LogP contribution in [0.3, 0.4) is 0 Å². The van der Waals surface area contributed by atoms with Crippen molar-refractivity contribution in [1.82, 2.24) is 5.32 Å². The summed E-state index contributed by atoms with van der Waals surface area (Å²) in [5, 5.41) is 5.59. The van der Waals surface area contributed by atoms with E-state index in [4.69, 9.17) is 4.74 Å². The molecule has 0 aliphatic carbocycles. The van der Waals surface area contributed by atoms with Crippen LogP contribution in [0.2, 0.25) is 0 Å². The summed E-state index contributed by atoms with van der Waals surface area (Å²) in [5.41, 5.74) is 3.25. The number of carbonyl (C=O) groups is 2. The molecule has 2 amide bonds. The van der Waals surface area contributed by atoms with Gasteiger partial charge in [-0.3, -0.25) is 9.59 Å². The van der Waals surface area contributed by atoms with Crippen LogP contribution >= 0.6 is 0 Å². The number of anilines is 1. The van der Waals surface area contributed by atoms with Crippen LogP contribution in [0.15, 0.2) is 42.5 Å². The van der Waals surface area contributed by atoms with Crippen LogP contribution < -0.4 is 15.4 Å². The predicted molar refractivity (Wildman–Crippen MR) is 99.1 cm³/mol. The molecule has 0 bridgehead atoms. The van der Waals surface area contributed by atoms with Gasteiger partial charge >= 0.3 is 0 Å². The second-order valence-electron chi connectivity index (χ2n) is 5.99. The van der Waals surface area contributed by atoms with Crippen molar-refractivity contribution in [2.75, 3.05) is 18.5 Å². The fraction of sp³-hybridized carbons (Fsp3) is 0.300. The van der Waals surface area contributed by atoms with E-state index < -0.39 is 0 Å². The van der Waals surface area contributed by atoms with Crippen LogP contribution in [0, 0.1) is 13.8 Å². The van der Waals surface area contributed by atoms with Gasteiger partial charge in [-0.25, -0.2) is 0 Å². The Morgan fingerprint density at radius 2 is 1.88 bits per heavy atom. The lowest BCUT2D eigenvalue weighted by atomic mass is 10.1. The predicted octanol–water partition coefficient (Wildman–Crippen LogP) is 3.46. The lowest BCUT2D eigenvalue weighted by Crippen LogP contribution is -2.25. The number of benzene rings is 2. The minimum absolute atomic E-state index is 0.158. The van der Waals surface area contributed by atoms with Crippen molar-refractivity contribution >= 4 is 17.5 Å². The highest BCUT2D eigenvalue weighted by atomic mass is 16.5. The molecule has 0 saturated carbocycles. The van der Waals surface area contributed by atoms with Gasteiger partial charge in [-0.1, -0.05) is 18.2 Å². The third-order valence-corrected chi connectivity index (χ3v) is 3.68. The largest absolute Gasteiger partial charge is 0.494 e. The van der Waals surface area contributed by atoms with Crippen LogP contribution in [0.1, 0.15) is 34.8 Å². The number of hydrogen-bond acceptors (Lipinski definition) is 3. The molecule has 0 atom stereocenters. The monoisotopic (exact) mass is 340 g/mol. The van der Waals surface area contributed by atoms with Crippen LogP contribution in [0.5, 0.6) is 5.75 Å². The topological polar surface area (TPSA) is 67.4 Å². The van der Waals surface area contributed by atoms with Gasteiger partial charge in [-0.05, 0) is 55.7 Å². The summed E-state index contributed by atoms with van der Waals surface area (Å²) in [7, 11) is 0. The number of carbonyl (C=O) groups excluding carboxylic acids is 2. The summed E-state index contributed by atoms with van der Waals surface area (Å²) in [5.74, 6) is 0.515. The Balaban J connectivity index is 1.79. The number of nitrogens with one attached hydrogen (secondary N) is 2. The molecule has 0 aliphatic heterocycles. The van der Waals surface area contributed by atoms with Crippen LogP contribution in [-0.4, -0.2) is 25.0 Å². The van der Waals surface area contributed by atoms with Gasteiger partial charge in [-0.15, -0.1) is 0 Å². The van der Waals surface area contributed by atoms with E-state index in [0.29, 0.717) is 30.8 Å². The lowest BCUT2D eigenvalue weighted by molar-refractivity contribution is -0.114. The first-order chi connectivity index (χ1) is 12.0. The van der Waals surface area contributed by atoms with Crippen LogP contribution in [-0.2, 0) is 4.79 Å². The van der Waals surface area contributed by atoms with Gasteiger partial charge in [-0.2, -0.15) is 0 Å². The van der Waals surface area contributed by atoms with Crippen LogP contribution in [0.25, 0.3) is 0 Å². The molecule has 0 saturated heterocycles. The van der Waals surface area contributed by atoms with E-state index in [9.17, 15) is 9.59 Å². The van der Waals surface area contributed by atoms with Gasteiger partial charge in [0.2, 0.25) is 5.91 Å². The van der Waals surface area contributed by atoms with Gasteiger partial charge in [0.1, 0.15) is 5.75 Å². The lowest BCUT2D eigenvalue weighted by Gasteiger charge is -2.10. The van der Waals surface area contributed by atoms with Gasteiger partial charge in [0.05, 0.1) is 6.61 Å². The Morgan fingerprint density at radius 3 is 2.60 bits per heavy atom. The summed E-state index contributed by atoms with van der Waals surface area (Å²) in [6.07, 6.45) is 0.712. The number of ether oxygens (including phenoxy) is 1. The first-order valence-corrected chi connectivity index (χ1v) is 8.31. The molecule has 5 heteroatoms. The summed E-state index contributed by atoms with van der Waals surface area (Å²) in [4.78, 5) is 23.4. The number of amides is 2. The summed E-state index contributed by atoms with van der Waals surface area (Å²) in [6.45, 7) is 6.41. The van der Waals surface area contributed by atoms with E-state index in [1.54, 1.807) is 12.1 Å². The molecule has 2 aromatic rings. The molecule has 2 rings (SSSR count). The minimum atomic E-state index is -0.165. The molecular weight excluding hydrogens is 316 g/mol. The molecule has 25 heavy (non-hydrogen) atoms. The third-order valence-electron chi connectivity index (χ3n) is 3.68. The fourth-order valence-corrected chi connectivity index (χ4v) is 2.36. The van der Waals surface area contributed by atoms with Crippen LogP contribution in [0.4, 0.5) is 5.69 Å². The molecule has 2 aromatic carbocycles. The SMILES string of the molecule is CC(=O)Nc1cc(C(=O)NCCCOc2cccc(C)c2)ccc1C. The standard InChI is InChI=1S/C20H24N2O3/c1-14-6-4-7-18(12-14)25-11-5-10-21-20(24)17-9-8-15(2)19(13-17)22-16(3)23/h4,6-9,12-13H,5,10-11H2,1-3H3,(H,21,24)(H,22,23). The highest BCUT2D eigenvalue weighted by Gasteiger charge is 2.08. The molecule has 0 radical (unpaired) electrons. The zero-order valence-corrected chi connectivity index (χ0v) is 14.9. The van der Waals surface area contributed by atoms with E-state index in [1.165, 1.54) is 6.92 Å². The molecule has 0 aromatic heterocycles. The highest BCUT2D eigenvalue weighted by Crippen LogP contribution is 2.17. The summed E-state index contributed by atoms with van der Waals surface area (Å²) >= 11 is 0. The van der Waals surface area contributed by atoms with Crippen molar-refractivity contribution in [3.05, 3.63) is 59.2 Å². The Bertz CT molecular complexity index is 756. The third kappa shape index (κ3) is 5.95.